The Morgan fingerprint density at radius 2 is 2.04 bits per heavy atom. The van der Waals surface area contributed by atoms with E-state index in [1.54, 1.807) is 22.8 Å². The van der Waals surface area contributed by atoms with E-state index in [9.17, 15) is 9.59 Å². The van der Waals surface area contributed by atoms with E-state index in [1.165, 1.54) is 26.4 Å². The van der Waals surface area contributed by atoms with Crippen molar-refractivity contribution in [3.63, 3.8) is 0 Å². The first kappa shape index (κ1) is 18.5. The van der Waals surface area contributed by atoms with E-state index in [2.05, 4.69) is 6.92 Å². The molecule has 0 aliphatic rings. The van der Waals surface area contributed by atoms with Gasteiger partial charge in [-0.3, -0.25) is 14.2 Å². The Bertz CT molecular complexity index is 686. The molecule has 2 heterocycles. The summed E-state index contributed by atoms with van der Waals surface area (Å²) in [4.78, 5) is 25.0. The molecule has 0 aliphatic carbocycles. The summed E-state index contributed by atoms with van der Waals surface area (Å²) in [5, 5.41) is 2.01. The fraction of sp³-hybridized carbons (Fsp3) is 0.474. The van der Waals surface area contributed by atoms with Crippen molar-refractivity contribution in [2.24, 2.45) is 0 Å². The second kappa shape index (κ2) is 8.83. The molecule has 0 aromatic carbocycles. The average molecular weight is 347 g/mol. The normalized spacial score (nSPS) is 10.8. The zero-order valence-electron chi connectivity index (χ0n) is 14.6. The third-order valence-electron chi connectivity index (χ3n) is 4.08. The lowest BCUT2D eigenvalue weighted by Gasteiger charge is -2.10. The van der Waals surface area contributed by atoms with E-state index in [0.717, 1.165) is 29.0 Å². The number of aromatic nitrogens is 1. The van der Waals surface area contributed by atoms with Crippen LogP contribution < -0.4 is 0 Å². The quantitative estimate of drug-likeness (QED) is 0.513. The zero-order valence-corrected chi connectivity index (χ0v) is 15.4. The van der Waals surface area contributed by atoms with Gasteiger partial charge in [0.25, 0.3) is 0 Å². The number of methoxy groups -OCH3 is 1. The Balaban J connectivity index is 2.41. The molecule has 2 aromatic rings. The molecule has 0 saturated heterocycles. The van der Waals surface area contributed by atoms with Crippen molar-refractivity contribution in [1.29, 1.82) is 0 Å². The fourth-order valence-corrected chi connectivity index (χ4v) is 3.74. The minimum Gasteiger partial charge on any atom is -0.469 e. The highest BCUT2D eigenvalue weighted by molar-refractivity contribution is 7.13. The highest BCUT2D eigenvalue weighted by Gasteiger charge is 2.21. The van der Waals surface area contributed by atoms with Gasteiger partial charge in [0.1, 0.15) is 0 Å². The number of esters is 1. The highest BCUT2D eigenvalue weighted by Crippen LogP contribution is 2.32. The Morgan fingerprint density at radius 3 is 2.62 bits per heavy atom. The molecule has 5 heteroatoms. The first-order chi connectivity index (χ1) is 11.6. The van der Waals surface area contributed by atoms with Gasteiger partial charge in [-0.1, -0.05) is 32.3 Å². The molecule has 0 fully saturated rings. The largest absolute Gasteiger partial charge is 0.469 e. The van der Waals surface area contributed by atoms with Crippen molar-refractivity contribution in [2.45, 2.75) is 52.4 Å². The van der Waals surface area contributed by atoms with E-state index in [0.29, 0.717) is 5.69 Å². The van der Waals surface area contributed by atoms with Gasteiger partial charge in [-0.2, -0.15) is 0 Å². The van der Waals surface area contributed by atoms with Crippen molar-refractivity contribution in [2.75, 3.05) is 7.11 Å². The third-order valence-corrected chi connectivity index (χ3v) is 4.95. The van der Waals surface area contributed by atoms with Gasteiger partial charge in [0.15, 0.2) is 0 Å². The second-order valence-corrected chi connectivity index (χ2v) is 6.85. The van der Waals surface area contributed by atoms with Crippen LogP contribution in [0.3, 0.4) is 0 Å². The van der Waals surface area contributed by atoms with Crippen LogP contribution in [0.1, 0.15) is 55.6 Å². The Labute approximate surface area is 147 Å². The van der Waals surface area contributed by atoms with E-state index >= 15 is 0 Å². The van der Waals surface area contributed by atoms with Crippen LogP contribution in [0, 0.1) is 0 Å². The molecule has 0 radical (unpaired) electrons. The van der Waals surface area contributed by atoms with Gasteiger partial charge in [-0.15, -0.1) is 11.3 Å². The van der Waals surface area contributed by atoms with E-state index in [4.69, 9.17) is 4.74 Å². The van der Waals surface area contributed by atoms with Gasteiger partial charge in [-0.05, 0) is 35.9 Å². The molecule has 0 saturated carbocycles. The number of aryl methyl sites for hydroxylation is 1. The van der Waals surface area contributed by atoms with Crippen LogP contribution >= 0.6 is 11.3 Å². The number of hydrogen-bond acceptors (Lipinski definition) is 4. The number of ether oxygens (including phenoxy) is 1. The molecule has 0 atom stereocenters. The van der Waals surface area contributed by atoms with Crippen molar-refractivity contribution in [1.82, 2.24) is 4.57 Å². The van der Waals surface area contributed by atoms with Crippen molar-refractivity contribution in [3.05, 3.63) is 34.8 Å². The first-order valence-electron chi connectivity index (χ1n) is 8.43. The number of thiophene rings is 1. The summed E-state index contributed by atoms with van der Waals surface area (Å²) in [5.74, 6) is -0.401. The molecule has 0 bridgehead atoms. The number of carbonyl (C=O) groups is 2. The summed E-state index contributed by atoms with van der Waals surface area (Å²) in [6.07, 6.45) is 5.71. The maximum absolute atomic E-state index is 12.3. The van der Waals surface area contributed by atoms with Crippen LogP contribution in [0.5, 0.6) is 0 Å². The van der Waals surface area contributed by atoms with E-state index in [1.807, 2.05) is 23.6 Å². The monoisotopic (exact) mass is 347 g/mol. The molecule has 2 rings (SSSR count). The Morgan fingerprint density at radius 1 is 1.25 bits per heavy atom. The van der Waals surface area contributed by atoms with Crippen molar-refractivity contribution >= 4 is 23.2 Å². The maximum atomic E-state index is 12.3. The van der Waals surface area contributed by atoms with Crippen LogP contribution in [0.25, 0.3) is 10.6 Å². The highest BCUT2D eigenvalue weighted by atomic mass is 32.1. The van der Waals surface area contributed by atoms with Crippen LogP contribution in [-0.2, 0) is 22.4 Å². The number of unbranched alkanes of at least 4 members (excludes halogenated alkanes) is 3. The number of carbonyl (C=O) groups excluding carboxylic acids is 2. The van der Waals surface area contributed by atoms with Gasteiger partial charge in [0.05, 0.1) is 24.1 Å². The Kier molecular flexibility index (Phi) is 6.79. The van der Waals surface area contributed by atoms with Gasteiger partial charge < -0.3 is 4.74 Å². The summed E-state index contributed by atoms with van der Waals surface area (Å²) >= 11 is 1.61. The number of nitrogens with zero attached hydrogens (tertiary/aromatic N) is 1. The lowest BCUT2D eigenvalue weighted by Crippen LogP contribution is -2.15. The SMILES string of the molecule is CCCCCCc1cc(CC(=O)OC)n(C(C)=O)c1-c1cccs1. The van der Waals surface area contributed by atoms with E-state index < -0.39 is 0 Å². The smallest absolute Gasteiger partial charge is 0.311 e. The molecule has 130 valence electrons. The molecule has 0 N–H and O–H groups in total. The number of rotatable bonds is 8. The molecular weight excluding hydrogens is 322 g/mol. The molecule has 2 aromatic heterocycles. The molecular formula is C19H25NO3S. The lowest BCUT2D eigenvalue weighted by atomic mass is 10.1. The van der Waals surface area contributed by atoms with Gasteiger partial charge in [0, 0.05) is 12.6 Å². The summed E-state index contributed by atoms with van der Waals surface area (Å²) in [6.45, 7) is 3.73. The zero-order chi connectivity index (χ0) is 17.5. The van der Waals surface area contributed by atoms with Gasteiger partial charge in [0.2, 0.25) is 5.91 Å². The third kappa shape index (κ3) is 4.35. The van der Waals surface area contributed by atoms with Crippen molar-refractivity contribution in [3.8, 4) is 10.6 Å². The predicted molar refractivity (Wildman–Crippen MR) is 97.6 cm³/mol. The summed E-state index contributed by atoms with van der Waals surface area (Å²) in [6, 6.07) is 6.01. The topological polar surface area (TPSA) is 48.3 Å². The van der Waals surface area contributed by atoms with Crippen LogP contribution in [0.15, 0.2) is 23.6 Å². The molecule has 0 unspecified atom stereocenters. The summed E-state index contributed by atoms with van der Waals surface area (Å²) in [5.41, 5.74) is 2.79. The van der Waals surface area contributed by atoms with Crippen molar-refractivity contribution < 1.29 is 14.3 Å². The van der Waals surface area contributed by atoms with Gasteiger partial charge >= 0.3 is 5.97 Å². The molecule has 4 nitrogen and oxygen atoms in total. The van der Waals surface area contributed by atoms with Gasteiger partial charge in [-0.25, -0.2) is 0 Å². The standard InChI is InChI=1S/C19H25NO3S/c1-4-5-6-7-9-15-12-16(13-18(22)23-3)20(14(2)21)19(15)17-10-8-11-24-17/h8,10-12H,4-7,9,13H2,1-3H3. The molecule has 0 aliphatic heterocycles. The van der Waals surface area contributed by atoms with Crippen LogP contribution in [0.2, 0.25) is 0 Å². The molecule has 0 spiro atoms. The minimum atomic E-state index is -0.328. The second-order valence-electron chi connectivity index (χ2n) is 5.90. The average Bonchev–Trinajstić information content (AvgIpc) is 3.18. The Hall–Kier alpha value is -1.88. The summed E-state index contributed by atoms with van der Waals surface area (Å²) < 4.78 is 6.46. The lowest BCUT2D eigenvalue weighted by molar-refractivity contribution is -0.139. The minimum absolute atomic E-state index is 0.0721. The molecule has 24 heavy (non-hydrogen) atoms. The first-order valence-corrected chi connectivity index (χ1v) is 9.31. The summed E-state index contributed by atoms with van der Waals surface area (Å²) in [7, 11) is 1.37. The van der Waals surface area contributed by atoms with Crippen LogP contribution in [0.4, 0.5) is 0 Å². The number of hydrogen-bond donors (Lipinski definition) is 0. The fourth-order valence-electron chi connectivity index (χ4n) is 2.95. The molecule has 0 amide bonds. The van der Waals surface area contributed by atoms with Crippen LogP contribution in [-0.4, -0.2) is 23.6 Å². The predicted octanol–water partition coefficient (Wildman–Crippen LogP) is 4.72. The van der Waals surface area contributed by atoms with E-state index in [-0.39, 0.29) is 18.3 Å². The maximum Gasteiger partial charge on any atom is 0.311 e.